The predicted molar refractivity (Wildman–Crippen MR) is 84.5 cm³/mol. The summed E-state index contributed by atoms with van der Waals surface area (Å²) in [5, 5.41) is 7.01. The van der Waals surface area contributed by atoms with Gasteiger partial charge in [-0.3, -0.25) is 9.59 Å². The summed E-state index contributed by atoms with van der Waals surface area (Å²) in [5.41, 5.74) is 1.21. The molecule has 1 heterocycles. The number of aryl methyl sites for hydroxylation is 2. The topological polar surface area (TPSA) is 64.0 Å². The molecule has 0 atom stereocenters. The van der Waals surface area contributed by atoms with E-state index in [1.165, 1.54) is 4.68 Å². The second kappa shape index (κ2) is 6.87. The molecule has 21 heavy (non-hydrogen) atoms. The molecule has 1 N–H and O–H groups in total. The van der Waals surface area contributed by atoms with E-state index >= 15 is 0 Å². The van der Waals surface area contributed by atoms with Crippen molar-refractivity contribution in [3.63, 3.8) is 0 Å². The largest absolute Gasteiger partial charge is 0.352 e. The Morgan fingerprint density at radius 1 is 1.19 bits per heavy atom. The minimum atomic E-state index is -0.346. The molecule has 0 aromatic carbocycles. The number of hydrogen-bond acceptors (Lipinski definition) is 3. The fraction of sp³-hybridized carbons (Fsp3) is 0.688. The Morgan fingerprint density at radius 3 is 2.19 bits per heavy atom. The molecule has 118 valence electrons. The molecule has 5 nitrogen and oxygen atoms in total. The first-order valence-electron chi connectivity index (χ1n) is 7.49. The van der Waals surface area contributed by atoms with Crippen molar-refractivity contribution in [2.75, 3.05) is 6.54 Å². The Hall–Kier alpha value is -1.65. The van der Waals surface area contributed by atoms with E-state index in [2.05, 4.69) is 38.1 Å². The van der Waals surface area contributed by atoms with Crippen molar-refractivity contribution in [1.82, 2.24) is 15.1 Å². The number of aromatic nitrogens is 2. The Labute approximate surface area is 126 Å². The Bertz CT molecular complexity index is 566. The summed E-state index contributed by atoms with van der Waals surface area (Å²) in [6.07, 6.45) is 0. The van der Waals surface area contributed by atoms with Gasteiger partial charge < -0.3 is 5.32 Å². The van der Waals surface area contributed by atoms with Crippen LogP contribution in [0.4, 0.5) is 0 Å². The molecule has 1 aromatic heterocycles. The second-order valence-corrected chi connectivity index (χ2v) is 6.38. The highest BCUT2D eigenvalue weighted by atomic mass is 16.2. The number of nitrogens with one attached hydrogen (secondary N) is 1. The lowest BCUT2D eigenvalue weighted by atomic mass is 9.85. The molecule has 0 bridgehead atoms. The van der Waals surface area contributed by atoms with Crippen LogP contribution in [0, 0.1) is 31.6 Å². The lowest BCUT2D eigenvalue weighted by Gasteiger charge is -2.25. The quantitative estimate of drug-likeness (QED) is 0.903. The van der Waals surface area contributed by atoms with Crippen LogP contribution in [0.2, 0.25) is 0 Å². The van der Waals surface area contributed by atoms with Gasteiger partial charge in [-0.25, -0.2) is 4.68 Å². The normalized spacial score (nSPS) is 11.5. The number of nitrogens with zero attached hydrogens (tertiary/aromatic N) is 2. The van der Waals surface area contributed by atoms with Gasteiger partial charge in [0.05, 0.1) is 5.69 Å². The van der Waals surface area contributed by atoms with Gasteiger partial charge in [0.2, 0.25) is 0 Å². The van der Waals surface area contributed by atoms with E-state index in [9.17, 15) is 9.59 Å². The molecule has 1 aromatic rings. The smallest absolute Gasteiger partial charge is 0.279 e. The van der Waals surface area contributed by atoms with Crippen molar-refractivity contribution in [1.29, 1.82) is 0 Å². The molecule has 0 saturated heterocycles. The number of carbonyl (C=O) groups excluding carboxylic acids is 1. The average molecular weight is 293 g/mol. The standard InChI is InChI=1S/C16H27N3O2/c1-9(2)13(10(3)4)8-17-15(20)14-11(5)12(6)18-19(7)16(14)21/h9-10,13H,8H2,1-7H3,(H,17,20). The zero-order chi connectivity index (χ0) is 16.3. The molecule has 1 amide bonds. The highest BCUT2D eigenvalue weighted by molar-refractivity contribution is 5.95. The molecule has 1 rings (SSSR count). The van der Waals surface area contributed by atoms with Gasteiger partial charge in [0.1, 0.15) is 5.56 Å². The van der Waals surface area contributed by atoms with Crippen molar-refractivity contribution in [3.05, 3.63) is 27.2 Å². The lowest BCUT2D eigenvalue weighted by molar-refractivity contribution is 0.0934. The lowest BCUT2D eigenvalue weighted by Crippen LogP contribution is -2.39. The van der Waals surface area contributed by atoms with Gasteiger partial charge in [0.25, 0.3) is 11.5 Å². The van der Waals surface area contributed by atoms with Crippen LogP contribution in [0.25, 0.3) is 0 Å². The number of hydrogen-bond donors (Lipinski definition) is 1. The minimum absolute atomic E-state index is 0.205. The third-order valence-electron chi connectivity index (χ3n) is 4.16. The third-order valence-corrected chi connectivity index (χ3v) is 4.16. The summed E-state index contributed by atoms with van der Waals surface area (Å²) >= 11 is 0. The summed E-state index contributed by atoms with van der Waals surface area (Å²) in [6.45, 7) is 12.8. The van der Waals surface area contributed by atoms with Crippen LogP contribution >= 0.6 is 0 Å². The fourth-order valence-corrected chi connectivity index (χ4v) is 2.66. The van der Waals surface area contributed by atoms with Crippen molar-refractivity contribution in [3.8, 4) is 0 Å². The molecular weight excluding hydrogens is 266 g/mol. The van der Waals surface area contributed by atoms with E-state index in [-0.39, 0.29) is 17.0 Å². The molecule has 0 aliphatic rings. The zero-order valence-electron chi connectivity index (χ0n) is 14.2. The maximum atomic E-state index is 12.4. The first-order valence-corrected chi connectivity index (χ1v) is 7.49. The molecule has 0 aliphatic heterocycles. The summed E-state index contributed by atoms with van der Waals surface area (Å²) in [7, 11) is 1.57. The highest BCUT2D eigenvalue weighted by Crippen LogP contribution is 2.19. The maximum Gasteiger partial charge on any atom is 0.279 e. The van der Waals surface area contributed by atoms with Crippen LogP contribution in [0.3, 0.4) is 0 Å². The van der Waals surface area contributed by atoms with Gasteiger partial charge >= 0.3 is 0 Å². The molecular formula is C16H27N3O2. The van der Waals surface area contributed by atoms with Crippen LogP contribution in [-0.4, -0.2) is 22.2 Å². The Morgan fingerprint density at radius 2 is 1.71 bits per heavy atom. The van der Waals surface area contributed by atoms with E-state index in [1.54, 1.807) is 20.9 Å². The molecule has 5 heteroatoms. The third kappa shape index (κ3) is 3.93. The molecule has 0 fully saturated rings. The monoisotopic (exact) mass is 293 g/mol. The van der Waals surface area contributed by atoms with Crippen molar-refractivity contribution < 1.29 is 4.79 Å². The van der Waals surface area contributed by atoms with Crippen LogP contribution in [-0.2, 0) is 7.05 Å². The average Bonchev–Trinajstić information content (AvgIpc) is 2.36. The first kappa shape index (κ1) is 17.4. The van der Waals surface area contributed by atoms with Crippen LogP contribution in [0.1, 0.15) is 49.3 Å². The van der Waals surface area contributed by atoms with Gasteiger partial charge in [0.15, 0.2) is 0 Å². The van der Waals surface area contributed by atoms with Gasteiger partial charge in [-0.1, -0.05) is 27.7 Å². The zero-order valence-corrected chi connectivity index (χ0v) is 14.2. The second-order valence-electron chi connectivity index (χ2n) is 6.38. The number of amides is 1. The van der Waals surface area contributed by atoms with E-state index in [4.69, 9.17) is 0 Å². The van der Waals surface area contributed by atoms with Crippen molar-refractivity contribution in [2.45, 2.75) is 41.5 Å². The van der Waals surface area contributed by atoms with Gasteiger partial charge in [-0.15, -0.1) is 0 Å². The molecule has 0 saturated carbocycles. The van der Waals surface area contributed by atoms with Crippen molar-refractivity contribution >= 4 is 5.91 Å². The summed E-state index contributed by atoms with van der Waals surface area (Å²) < 4.78 is 1.22. The van der Waals surface area contributed by atoms with Gasteiger partial charge in [0, 0.05) is 13.6 Å². The molecule has 0 aliphatic carbocycles. The summed E-state index contributed by atoms with van der Waals surface area (Å²) in [5.74, 6) is 1.05. The molecule has 0 unspecified atom stereocenters. The first-order chi connectivity index (χ1) is 9.66. The Kier molecular flexibility index (Phi) is 5.70. The van der Waals surface area contributed by atoms with E-state index < -0.39 is 0 Å². The summed E-state index contributed by atoms with van der Waals surface area (Å²) in [4.78, 5) is 24.5. The van der Waals surface area contributed by atoms with Crippen LogP contribution in [0.5, 0.6) is 0 Å². The fourth-order valence-electron chi connectivity index (χ4n) is 2.66. The van der Waals surface area contributed by atoms with E-state index in [0.717, 1.165) is 0 Å². The Balaban J connectivity index is 2.99. The van der Waals surface area contributed by atoms with Crippen LogP contribution in [0.15, 0.2) is 4.79 Å². The van der Waals surface area contributed by atoms with Gasteiger partial charge in [-0.05, 0) is 37.2 Å². The van der Waals surface area contributed by atoms with Crippen LogP contribution < -0.4 is 10.9 Å². The highest BCUT2D eigenvalue weighted by Gasteiger charge is 2.21. The maximum absolute atomic E-state index is 12.4. The number of rotatable bonds is 5. The van der Waals surface area contributed by atoms with E-state index in [1.807, 2.05) is 0 Å². The molecule has 0 radical (unpaired) electrons. The SMILES string of the molecule is Cc1nn(C)c(=O)c(C(=O)NCC(C(C)C)C(C)C)c1C. The summed E-state index contributed by atoms with van der Waals surface area (Å²) in [6, 6.07) is 0. The predicted octanol–water partition coefficient (Wildman–Crippen LogP) is 2.06. The van der Waals surface area contributed by atoms with Gasteiger partial charge in [-0.2, -0.15) is 5.10 Å². The minimum Gasteiger partial charge on any atom is -0.352 e. The molecule has 0 spiro atoms. The number of carbonyl (C=O) groups is 1. The van der Waals surface area contributed by atoms with Crippen molar-refractivity contribution in [2.24, 2.45) is 24.8 Å². The van der Waals surface area contributed by atoms with E-state index in [0.29, 0.717) is 35.6 Å².